The average molecular weight is 357 g/mol. The van der Waals surface area contributed by atoms with E-state index < -0.39 is 0 Å². The Morgan fingerprint density at radius 1 is 1.31 bits per heavy atom. The second kappa shape index (κ2) is 8.67. The fourth-order valence-electron chi connectivity index (χ4n) is 4.19. The highest BCUT2D eigenvalue weighted by molar-refractivity contribution is 5.97. The largest absolute Gasteiger partial charge is 0.352 e. The van der Waals surface area contributed by atoms with E-state index in [1.807, 2.05) is 25.1 Å². The first-order valence-corrected chi connectivity index (χ1v) is 10.1. The Bertz CT molecular complexity index is 752. The summed E-state index contributed by atoms with van der Waals surface area (Å²) in [6.07, 6.45) is 6.24. The van der Waals surface area contributed by atoms with Gasteiger partial charge in [-0.2, -0.15) is 0 Å². The van der Waals surface area contributed by atoms with Crippen molar-refractivity contribution in [2.24, 2.45) is 0 Å². The number of carbonyl (C=O) groups excluding carboxylic acids is 1. The number of nitrogens with one attached hydrogen (secondary N) is 1. The topological polar surface area (TPSA) is 50.2 Å². The standard InChI is InChI=1S/C21H32N4O/c1-4-18-9-6-7-13-24(18)14-8-12-22-21(26)17-10-11-20-19(15-17)23-16(3)25(20)5-2/h10-11,15,18H,4-9,12-14H2,1-3H3,(H,22,26). The molecular weight excluding hydrogens is 324 g/mol. The summed E-state index contributed by atoms with van der Waals surface area (Å²) in [6.45, 7) is 10.3. The van der Waals surface area contributed by atoms with Gasteiger partial charge in [-0.1, -0.05) is 13.3 Å². The number of rotatable bonds is 7. The lowest BCUT2D eigenvalue weighted by molar-refractivity contribution is 0.0947. The zero-order valence-electron chi connectivity index (χ0n) is 16.4. The van der Waals surface area contributed by atoms with Crippen LogP contribution >= 0.6 is 0 Å². The third-order valence-electron chi connectivity index (χ3n) is 5.65. The first-order valence-electron chi connectivity index (χ1n) is 10.1. The lowest BCUT2D eigenvalue weighted by atomic mass is 10.00. The summed E-state index contributed by atoms with van der Waals surface area (Å²) >= 11 is 0. The Kier molecular flexibility index (Phi) is 6.30. The van der Waals surface area contributed by atoms with Crippen molar-refractivity contribution in [2.75, 3.05) is 19.6 Å². The van der Waals surface area contributed by atoms with Crippen LogP contribution in [0.5, 0.6) is 0 Å². The van der Waals surface area contributed by atoms with Crippen LogP contribution in [0, 0.1) is 6.92 Å². The third-order valence-corrected chi connectivity index (χ3v) is 5.65. The van der Waals surface area contributed by atoms with E-state index in [4.69, 9.17) is 0 Å². The average Bonchev–Trinajstić information content (AvgIpc) is 2.99. The van der Waals surface area contributed by atoms with Crippen molar-refractivity contribution < 1.29 is 4.79 Å². The van der Waals surface area contributed by atoms with Crippen LogP contribution in [-0.2, 0) is 6.54 Å². The Hall–Kier alpha value is -1.88. The number of amides is 1. The number of hydrogen-bond donors (Lipinski definition) is 1. The summed E-state index contributed by atoms with van der Waals surface area (Å²) in [6, 6.07) is 6.55. The maximum Gasteiger partial charge on any atom is 0.251 e. The predicted octanol–water partition coefficient (Wildman–Crippen LogP) is 3.75. The fourth-order valence-corrected chi connectivity index (χ4v) is 4.19. The molecule has 5 heteroatoms. The molecule has 0 saturated carbocycles. The van der Waals surface area contributed by atoms with Crippen molar-refractivity contribution in [3.63, 3.8) is 0 Å². The van der Waals surface area contributed by atoms with Gasteiger partial charge in [-0.25, -0.2) is 4.98 Å². The van der Waals surface area contributed by atoms with Crippen LogP contribution in [0.2, 0.25) is 0 Å². The molecule has 1 aromatic heterocycles. The molecule has 0 spiro atoms. The summed E-state index contributed by atoms with van der Waals surface area (Å²) < 4.78 is 2.17. The zero-order valence-corrected chi connectivity index (χ0v) is 16.4. The molecule has 0 bridgehead atoms. The lowest BCUT2D eigenvalue weighted by Crippen LogP contribution is -2.40. The molecule has 142 valence electrons. The maximum absolute atomic E-state index is 12.5. The second-order valence-corrected chi connectivity index (χ2v) is 7.31. The molecule has 26 heavy (non-hydrogen) atoms. The molecule has 1 amide bonds. The Balaban J connectivity index is 1.52. The molecular formula is C21H32N4O. The highest BCUT2D eigenvalue weighted by Crippen LogP contribution is 2.20. The van der Waals surface area contributed by atoms with Gasteiger partial charge in [0.05, 0.1) is 11.0 Å². The molecule has 1 N–H and O–H groups in total. The van der Waals surface area contributed by atoms with Gasteiger partial charge in [0.25, 0.3) is 5.91 Å². The Labute approximate surface area is 156 Å². The van der Waals surface area contributed by atoms with Crippen LogP contribution in [0.3, 0.4) is 0 Å². The van der Waals surface area contributed by atoms with Gasteiger partial charge in [-0.15, -0.1) is 0 Å². The van der Waals surface area contributed by atoms with Gasteiger partial charge in [-0.05, 0) is 64.3 Å². The SMILES string of the molecule is CCC1CCCCN1CCCNC(=O)c1ccc2c(c1)nc(C)n2CC. The van der Waals surface area contributed by atoms with Crippen LogP contribution in [-0.4, -0.2) is 46.0 Å². The van der Waals surface area contributed by atoms with Crippen LogP contribution in [0.15, 0.2) is 18.2 Å². The minimum absolute atomic E-state index is 0.00119. The van der Waals surface area contributed by atoms with Crippen molar-refractivity contribution in [1.82, 2.24) is 19.8 Å². The monoisotopic (exact) mass is 356 g/mol. The smallest absolute Gasteiger partial charge is 0.251 e. The highest BCUT2D eigenvalue weighted by atomic mass is 16.1. The molecule has 1 aromatic carbocycles. The molecule has 0 radical (unpaired) electrons. The number of imidazole rings is 1. The highest BCUT2D eigenvalue weighted by Gasteiger charge is 2.20. The van der Waals surface area contributed by atoms with E-state index in [0.717, 1.165) is 49.0 Å². The van der Waals surface area contributed by atoms with Crippen LogP contribution in [0.1, 0.15) is 62.1 Å². The van der Waals surface area contributed by atoms with Crippen LogP contribution in [0.4, 0.5) is 0 Å². The number of fused-ring (bicyclic) bond motifs is 1. The second-order valence-electron chi connectivity index (χ2n) is 7.31. The van der Waals surface area contributed by atoms with Gasteiger partial charge in [-0.3, -0.25) is 4.79 Å². The Morgan fingerprint density at radius 2 is 2.15 bits per heavy atom. The molecule has 1 atom stereocenters. The summed E-state index contributed by atoms with van der Waals surface area (Å²) in [7, 11) is 0. The molecule has 1 saturated heterocycles. The molecule has 5 nitrogen and oxygen atoms in total. The van der Waals surface area contributed by atoms with Gasteiger partial charge in [0.15, 0.2) is 0 Å². The minimum Gasteiger partial charge on any atom is -0.352 e. The van der Waals surface area contributed by atoms with Crippen molar-refractivity contribution in [3.05, 3.63) is 29.6 Å². The van der Waals surface area contributed by atoms with E-state index in [1.165, 1.54) is 32.2 Å². The van der Waals surface area contributed by atoms with Gasteiger partial charge in [0.1, 0.15) is 5.82 Å². The molecule has 1 fully saturated rings. The van der Waals surface area contributed by atoms with E-state index in [2.05, 4.69) is 33.6 Å². The molecule has 2 aromatic rings. The first-order chi connectivity index (χ1) is 12.6. The van der Waals surface area contributed by atoms with E-state index in [1.54, 1.807) is 0 Å². The Morgan fingerprint density at radius 3 is 2.92 bits per heavy atom. The summed E-state index contributed by atoms with van der Waals surface area (Å²) in [5.74, 6) is 0.994. The number of aromatic nitrogens is 2. The molecule has 1 aliphatic rings. The van der Waals surface area contributed by atoms with Gasteiger partial charge in [0.2, 0.25) is 0 Å². The van der Waals surface area contributed by atoms with E-state index in [9.17, 15) is 4.79 Å². The van der Waals surface area contributed by atoms with Gasteiger partial charge < -0.3 is 14.8 Å². The third kappa shape index (κ3) is 4.09. The number of carbonyl (C=O) groups is 1. The van der Waals surface area contributed by atoms with Gasteiger partial charge in [0, 0.05) is 31.2 Å². The molecule has 3 rings (SSSR count). The molecule has 2 heterocycles. The first kappa shape index (κ1) is 18.9. The predicted molar refractivity (Wildman–Crippen MR) is 107 cm³/mol. The molecule has 1 aliphatic heterocycles. The minimum atomic E-state index is 0.00119. The number of likely N-dealkylation sites (tertiary alicyclic amines) is 1. The summed E-state index contributed by atoms with van der Waals surface area (Å²) in [4.78, 5) is 19.6. The van der Waals surface area contributed by atoms with Crippen molar-refractivity contribution in [3.8, 4) is 0 Å². The normalized spacial score (nSPS) is 18.3. The molecule has 0 aliphatic carbocycles. The number of piperidine rings is 1. The molecule has 1 unspecified atom stereocenters. The number of hydrogen-bond acceptors (Lipinski definition) is 3. The lowest BCUT2D eigenvalue weighted by Gasteiger charge is -2.35. The number of benzene rings is 1. The van der Waals surface area contributed by atoms with Crippen LogP contribution in [0.25, 0.3) is 11.0 Å². The van der Waals surface area contributed by atoms with Gasteiger partial charge >= 0.3 is 0 Å². The quantitative estimate of drug-likeness (QED) is 0.769. The van der Waals surface area contributed by atoms with Crippen LogP contribution < -0.4 is 5.32 Å². The maximum atomic E-state index is 12.5. The zero-order chi connectivity index (χ0) is 18.5. The van der Waals surface area contributed by atoms with E-state index >= 15 is 0 Å². The number of nitrogens with zero attached hydrogens (tertiary/aromatic N) is 3. The van der Waals surface area contributed by atoms with Crippen molar-refractivity contribution in [2.45, 2.75) is 65.5 Å². The summed E-state index contributed by atoms with van der Waals surface area (Å²) in [5.41, 5.74) is 2.69. The summed E-state index contributed by atoms with van der Waals surface area (Å²) in [5, 5.41) is 3.07. The fraction of sp³-hybridized carbons (Fsp3) is 0.619. The number of aryl methyl sites for hydroxylation is 2. The van der Waals surface area contributed by atoms with E-state index in [-0.39, 0.29) is 5.91 Å². The van der Waals surface area contributed by atoms with E-state index in [0.29, 0.717) is 5.56 Å². The van der Waals surface area contributed by atoms with Crippen molar-refractivity contribution in [1.29, 1.82) is 0 Å². The van der Waals surface area contributed by atoms with Crippen molar-refractivity contribution >= 4 is 16.9 Å².